The van der Waals surface area contributed by atoms with E-state index in [9.17, 15) is 13.4 Å². The summed E-state index contributed by atoms with van der Waals surface area (Å²) in [5, 5.41) is 3.48. The quantitative estimate of drug-likeness (QED) is 0.587. The van der Waals surface area contributed by atoms with Gasteiger partial charge >= 0.3 is 0 Å². The molecular formula is C23H28Cl2FN3O2S. The summed E-state index contributed by atoms with van der Waals surface area (Å²) in [4.78, 5) is 17.6. The number of hydrogen-bond acceptors (Lipinski definition) is 4. The molecular weight excluding hydrogens is 472 g/mol. The number of likely N-dealkylation sites (tertiary alicyclic amines) is 1. The minimum Gasteiger partial charge on any atom is -0.348 e. The predicted molar refractivity (Wildman–Crippen MR) is 128 cm³/mol. The summed E-state index contributed by atoms with van der Waals surface area (Å²) < 4.78 is 27.1. The van der Waals surface area contributed by atoms with Crippen LogP contribution in [-0.4, -0.2) is 58.9 Å². The van der Waals surface area contributed by atoms with Crippen LogP contribution in [0.25, 0.3) is 0 Å². The van der Waals surface area contributed by atoms with Crippen molar-refractivity contribution in [2.45, 2.75) is 37.4 Å². The Kier molecular flexibility index (Phi) is 8.69. The molecule has 1 aliphatic rings. The number of benzene rings is 2. The lowest BCUT2D eigenvalue weighted by atomic mass is 10.1. The van der Waals surface area contributed by atoms with Crippen LogP contribution in [0.2, 0.25) is 10.0 Å². The molecule has 0 spiro atoms. The monoisotopic (exact) mass is 499 g/mol. The maximum absolute atomic E-state index is 14.9. The summed E-state index contributed by atoms with van der Waals surface area (Å²) in [5.41, 5.74) is 1.21. The molecule has 2 aromatic rings. The fourth-order valence-corrected chi connectivity index (χ4v) is 5.24. The largest absolute Gasteiger partial charge is 0.348 e. The standard InChI is InChI=1S/C23H28Cl2FN3O2S/c1-4-32(31)22-6-5-17(24)9-16(22)12-27-23(30)15-10-20(25)19(21(26)11-15)14-29-8-7-18(13-29)28(2)3/h5-6,9-11,18H,4,7-8,12-14H2,1-3H3,(H,27,30)/t18-,32?/m1/s1. The highest BCUT2D eigenvalue weighted by Gasteiger charge is 2.25. The summed E-state index contributed by atoms with van der Waals surface area (Å²) in [5.74, 6) is -0.497. The van der Waals surface area contributed by atoms with Gasteiger partial charge in [-0.3, -0.25) is 13.9 Å². The highest BCUT2D eigenvalue weighted by Crippen LogP contribution is 2.26. The molecule has 1 heterocycles. The zero-order valence-corrected chi connectivity index (χ0v) is 20.8. The van der Waals surface area contributed by atoms with Gasteiger partial charge in [-0.15, -0.1) is 0 Å². The lowest BCUT2D eigenvalue weighted by Gasteiger charge is -2.21. The van der Waals surface area contributed by atoms with Crippen LogP contribution in [0.5, 0.6) is 0 Å². The molecule has 1 fully saturated rings. The second-order valence-electron chi connectivity index (χ2n) is 8.13. The van der Waals surface area contributed by atoms with Crippen LogP contribution in [0.15, 0.2) is 35.2 Å². The van der Waals surface area contributed by atoms with Gasteiger partial charge in [-0.05, 0) is 56.4 Å². The fraction of sp³-hybridized carbons (Fsp3) is 0.435. The van der Waals surface area contributed by atoms with Gasteiger partial charge in [0.1, 0.15) is 5.82 Å². The van der Waals surface area contributed by atoms with E-state index in [1.165, 1.54) is 12.1 Å². The number of amides is 1. The molecule has 0 saturated carbocycles. The van der Waals surface area contributed by atoms with Crippen molar-refractivity contribution in [2.24, 2.45) is 0 Å². The van der Waals surface area contributed by atoms with Crippen LogP contribution < -0.4 is 5.32 Å². The van der Waals surface area contributed by atoms with Gasteiger partial charge in [-0.2, -0.15) is 0 Å². The minimum absolute atomic E-state index is 0.126. The topological polar surface area (TPSA) is 52.7 Å². The lowest BCUT2D eigenvalue weighted by molar-refractivity contribution is 0.0950. The van der Waals surface area contributed by atoms with E-state index >= 15 is 0 Å². The summed E-state index contributed by atoms with van der Waals surface area (Å²) >= 11 is 12.4. The van der Waals surface area contributed by atoms with Gasteiger partial charge in [-0.1, -0.05) is 30.1 Å². The Morgan fingerprint density at radius 3 is 2.66 bits per heavy atom. The number of nitrogens with zero attached hydrogens (tertiary/aromatic N) is 2. The van der Waals surface area contributed by atoms with Crippen molar-refractivity contribution >= 4 is 39.9 Å². The number of likely N-dealkylation sites (N-methyl/N-ethyl adjacent to an activating group) is 1. The van der Waals surface area contributed by atoms with E-state index in [0.29, 0.717) is 39.4 Å². The third-order valence-corrected chi connectivity index (χ3v) is 7.72. The molecule has 0 bridgehead atoms. The van der Waals surface area contributed by atoms with Crippen molar-refractivity contribution in [3.8, 4) is 0 Å². The molecule has 2 atom stereocenters. The first kappa shape index (κ1) is 25.1. The Bertz CT molecular complexity index is 996. The molecule has 2 aromatic carbocycles. The van der Waals surface area contributed by atoms with E-state index in [0.717, 1.165) is 19.5 Å². The molecule has 174 valence electrons. The van der Waals surface area contributed by atoms with E-state index in [1.807, 2.05) is 21.0 Å². The summed E-state index contributed by atoms with van der Waals surface area (Å²) in [6.07, 6.45) is 1.03. The van der Waals surface area contributed by atoms with Crippen molar-refractivity contribution in [3.63, 3.8) is 0 Å². The van der Waals surface area contributed by atoms with Crippen molar-refractivity contribution in [1.82, 2.24) is 15.1 Å². The molecule has 9 heteroatoms. The van der Waals surface area contributed by atoms with Gasteiger partial charge < -0.3 is 10.2 Å². The average Bonchev–Trinajstić information content (AvgIpc) is 3.23. The zero-order valence-electron chi connectivity index (χ0n) is 18.5. The Hall–Kier alpha value is -1.51. The van der Waals surface area contributed by atoms with Crippen LogP contribution >= 0.6 is 23.2 Å². The third kappa shape index (κ3) is 6.08. The number of nitrogens with one attached hydrogen (secondary N) is 1. The fourth-order valence-electron chi connectivity index (χ4n) is 3.83. The lowest BCUT2D eigenvalue weighted by Crippen LogP contribution is -2.31. The maximum atomic E-state index is 14.9. The van der Waals surface area contributed by atoms with E-state index in [2.05, 4.69) is 15.1 Å². The summed E-state index contributed by atoms with van der Waals surface area (Å²) in [6.45, 7) is 4.09. The Balaban J connectivity index is 1.70. The highest BCUT2D eigenvalue weighted by molar-refractivity contribution is 7.85. The van der Waals surface area contributed by atoms with E-state index < -0.39 is 22.5 Å². The first-order valence-electron chi connectivity index (χ1n) is 10.5. The smallest absolute Gasteiger partial charge is 0.251 e. The molecule has 0 radical (unpaired) electrons. The van der Waals surface area contributed by atoms with Gasteiger partial charge in [0.25, 0.3) is 5.91 Å². The van der Waals surface area contributed by atoms with Crippen LogP contribution in [0.1, 0.15) is 34.8 Å². The first-order valence-corrected chi connectivity index (χ1v) is 12.6. The molecule has 0 aromatic heterocycles. The second-order valence-corrected chi connectivity index (χ2v) is 10.7. The van der Waals surface area contributed by atoms with Crippen LogP contribution in [-0.2, 0) is 23.9 Å². The number of carbonyl (C=O) groups excluding carboxylic acids is 1. The predicted octanol–water partition coefficient (Wildman–Crippen LogP) is 4.33. The summed E-state index contributed by atoms with van der Waals surface area (Å²) in [7, 11) is 2.90. The van der Waals surface area contributed by atoms with E-state index in [4.69, 9.17) is 23.2 Å². The van der Waals surface area contributed by atoms with Crippen molar-refractivity contribution < 1.29 is 13.4 Å². The van der Waals surface area contributed by atoms with Crippen LogP contribution in [0.3, 0.4) is 0 Å². The van der Waals surface area contributed by atoms with Crippen LogP contribution in [0, 0.1) is 5.82 Å². The number of hydrogen-bond donors (Lipinski definition) is 1. The van der Waals surface area contributed by atoms with Crippen molar-refractivity contribution in [3.05, 3.63) is 62.9 Å². The minimum atomic E-state index is -1.19. The highest BCUT2D eigenvalue weighted by atomic mass is 35.5. The summed E-state index contributed by atoms with van der Waals surface area (Å²) in [6, 6.07) is 8.22. The Labute approximate surface area is 201 Å². The van der Waals surface area contributed by atoms with Gasteiger partial charge in [0.15, 0.2) is 0 Å². The van der Waals surface area contributed by atoms with Gasteiger partial charge in [-0.25, -0.2) is 4.39 Å². The molecule has 1 unspecified atom stereocenters. The molecule has 1 saturated heterocycles. The zero-order chi connectivity index (χ0) is 23.4. The van der Waals surface area contributed by atoms with Gasteiger partial charge in [0.05, 0.1) is 10.8 Å². The van der Waals surface area contributed by atoms with E-state index in [1.54, 1.807) is 18.2 Å². The van der Waals surface area contributed by atoms with Crippen LogP contribution in [0.4, 0.5) is 4.39 Å². The molecule has 3 rings (SSSR count). The van der Waals surface area contributed by atoms with Gasteiger partial charge in [0.2, 0.25) is 0 Å². The van der Waals surface area contributed by atoms with E-state index in [-0.39, 0.29) is 17.1 Å². The van der Waals surface area contributed by atoms with Crippen molar-refractivity contribution in [1.29, 1.82) is 0 Å². The average molecular weight is 500 g/mol. The number of rotatable bonds is 8. The molecule has 5 nitrogen and oxygen atoms in total. The first-order chi connectivity index (χ1) is 15.2. The maximum Gasteiger partial charge on any atom is 0.251 e. The Morgan fingerprint density at radius 2 is 2.03 bits per heavy atom. The normalized spacial score (nSPS) is 17.7. The SMILES string of the molecule is CCS(=O)c1ccc(Cl)cc1CNC(=O)c1cc(F)c(CN2CC[C@@H](N(C)C)C2)c(Cl)c1. The Morgan fingerprint density at radius 1 is 1.28 bits per heavy atom. The third-order valence-electron chi connectivity index (χ3n) is 5.73. The molecule has 1 aliphatic heterocycles. The second kappa shape index (κ2) is 11.1. The molecule has 0 aliphatic carbocycles. The molecule has 1 amide bonds. The molecule has 32 heavy (non-hydrogen) atoms. The van der Waals surface area contributed by atoms with Crippen molar-refractivity contribution in [2.75, 3.05) is 32.9 Å². The number of halogens is 3. The number of carbonyl (C=O) groups is 1. The molecule has 1 N–H and O–H groups in total. The van der Waals surface area contributed by atoms with Gasteiger partial charge in [0, 0.05) is 64.0 Å².